The average Bonchev–Trinajstić information content (AvgIpc) is 2.58. The Labute approximate surface area is 146 Å². The van der Waals surface area contributed by atoms with Crippen LogP contribution < -0.4 is 15.4 Å². The lowest BCUT2D eigenvalue weighted by Gasteiger charge is -2.18. The zero-order valence-electron chi connectivity index (χ0n) is 14.6. The van der Waals surface area contributed by atoms with Crippen LogP contribution in [0.5, 0.6) is 5.75 Å². The normalized spacial score (nSPS) is 11.5. The molecular formula is C18H21N3O4. The molecule has 0 radical (unpaired) electrons. The van der Waals surface area contributed by atoms with Gasteiger partial charge in [0, 0.05) is 11.8 Å². The number of ether oxygens (including phenoxy) is 1. The van der Waals surface area contributed by atoms with Gasteiger partial charge in [-0.3, -0.25) is 14.9 Å². The number of nitro groups is 1. The smallest absolute Gasteiger partial charge is 0.273 e. The maximum absolute atomic E-state index is 12.4. The number of carbonyl (C=O) groups is 1. The van der Waals surface area contributed by atoms with E-state index in [2.05, 4.69) is 10.6 Å². The van der Waals surface area contributed by atoms with Crippen molar-refractivity contribution in [3.8, 4) is 5.75 Å². The molecule has 0 aliphatic rings. The molecule has 0 heterocycles. The third-order valence-corrected chi connectivity index (χ3v) is 4.02. The van der Waals surface area contributed by atoms with Gasteiger partial charge < -0.3 is 15.4 Å². The highest BCUT2D eigenvalue weighted by Gasteiger charge is 2.18. The third kappa shape index (κ3) is 4.26. The van der Waals surface area contributed by atoms with Crippen molar-refractivity contribution in [2.75, 3.05) is 17.7 Å². The summed E-state index contributed by atoms with van der Waals surface area (Å²) in [5, 5.41) is 16.7. The molecule has 0 aliphatic heterocycles. The summed E-state index contributed by atoms with van der Waals surface area (Å²) in [7, 11) is 1.40. The highest BCUT2D eigenvalue weighted by atomic mass is 16.6. The predicted molar refractivity (Wildman–Crippen MR) is 97.3 cm³/mol. The van der Waals surface area contributed by atoms with E-state index < -0.39 is 11.0 Å². The zero-order chi connectivity index (χ0) is 18.6. The zero-order valence-corrected chi connectivity index (χ0v) is 14.6. The first-order valence-corrected chi connectivity index (χ1v) is 7.79. The van der Waals surface area contributed by atoms with Crippen molar-refractivity contribution in [2.24, 2.45) is 0 Å². The van der Waals surface area contributed by atoms with E-state index in [-0.39, 0.29) is 17.3 Å². The van der Waals surface area contributed by atoms with Crippen molar-refractivity contribution in [1.29, 1.82) is 0 Å². The number of nitrogens with one attached hydrogen (secondary N) is 2. The van der Waals surface area contributed by atoms with Crippen molar-refractivity contribution in [1.82, 2.24) is 0 Å². The Morgan fingerprint density at radius 1 is 1.20 bits per heavy atom. The standard InChI is InChI=1S/C18H21N3O4/c1-11-6-5-7-15(12(11)2)19-13(3)18(22)20-16-9-8-14(21(23)24)10-17(16)25-4/h5-10,13,19H,1-4H3,(H,20,22)/t13-/m0/s1. The Balaban J connectivity index is 2.13. The van der Waals surface area contributed by atoms with Crippen molar-refractivity contribution in [2.45, 2.75) is 26.8 Å². The lowest BCUT2D eigenvalue weighted by molar-refractivity contribution is -0.384. The van der Waals surface area contributed by atoms with E-state index in [1.807, 2.05) is 32.0 Å². The fourth-order valence-corrected chi connectivity index (χ4v) is 2.34. The average molecular weight is 343 g/mol. The summed E-state index contributed by atoms with van der Waals surface area (Å²) in [5.74, 6) is -0.0328. The number of carbonyl (C=O) groups excluding carboxylic acids is 1. The fraction of sp³-hybridized carbons (Fsp3) is 0.278. The summed E-state index contributed by atoms with van der Waals surface area (Å²) in [6.45, 7) is 5.74. The first-order chi connectivity index (χ1) is 11.8. The number of benzene rings is 2. The van der Waals surface area contributed by atoms with Crippen LogP contribution >= 0.6 is 0 Å². The molecule has 0 fully saturated rings. The van der Waals surface area contributed by atoms with Crippen LogP contribution in [0.3, 0.4) is 0 Å². The molecule has 0 saturated carbocycles. The number of anilines is 2. The minimum Gasteiger partial charge on any atom is -0.494 e. The quantitative estimate of drug-likeness (QED) is 0.617. The number of amides is 1. The Kier molecular flexibility index (Phi) is 5.59. The van der Waals surface area contributed by atoms with Gasteiger partial charge in [-0.1, -0.05) is 12.1 Å². The minimum absolute atomic E-state index is 0.101. The van der Waals surface area contributed by atoms with Crippen molar-refractivity contribution >= 4 is 23.0 Å². The van der Waals surface area contributed by atoms with E-state index in [1.54, 1.807) is 6.92 Å². The van der Waals surface area contributed by atoms with Crippen LogP contribution in [0.1, 0.15) is 18.1 Å². The van der Waals surface area contributed by atoms with Crippen LogP contribution in [0, 0.1) is 24.0 Å². The second kappa shape index (κ2) is 7.65. The first kappa shape index (κ1) is 18.3. The molecule has 2 N–H and O–H groups in total. The van der Waals surface area contributed by atoms with E-state index in [0.717, 1.165) is 16.8 Å². The van der Waals surface area contributed by atoms with E-state index in [9.17, 15) is 14.9 Å². The van der Waals surface area contributed by atoms with Crippen molar-refractivity contribution in [3.63, 3.8) is 0 Å². The summed E-state index contributed by atoms with van der Waals surface area (Å²) < 4.78 is 5.13. The van der Waals surface area contributed by atoms with Gasteiger partial charge in [0.15, 0.2) is 0 Å². The molecule has 1 atom stereocenters. The van der Waals surface area contributed by atoms with Crippen LogP contribution in [-0.4, -0.2) is 24.0 Å². The Bertz CT molecular complexity index is 805. The van der Waals surface area contributed by atoms with E-state index in [1.165, 1.54) is 25.3 Å². The van der Waals surface area contributed by atoms with E-state index in [0.29, 0.717) is 5.69 Å². The van der Waals surface area contributed by atoms with Gasteiger partial charge in [-0.05, 0) is 44.0 Å². The number of aryl methyl sites for hydroxylation is 1. The number of methoxy groups -OCH3 is 1. The maximum atomic E-state index is 12.4. The minimum atomic E-state index is -0.515. The molecule has 0 unspecified atom stereocenters. The number of rotatable bonds is 6. The molecule has 0 aliphatic carbocycles. The summed E-state index contributed by atoms with van der Waals surface area (Å²) in [6, 6.07) is 9.40. The fourth-order valence-electron chi connectivity index (χ4n) is 2.34. The van der Waals surface area contributed by atoms with Crippen molar-refractivity contribution < 1.29 is 14.5 Å². The van der Waals surface area contributed by atoms with Gasteiger partial charge in [-0.25, -0.2) is 0 Å². The molecule has 0 saturated heterocycles. The number of nitro benzene ring substituents is 1. The van der Waals surface area contributed by atoms with Gasteiger partial charge in [0.2, 0.25) is 5.91 Å². The summed E-state index contributed by atoms with van der Waals surface area (Å²) in [6.07, 6.45) is 0. The van der Waals surface area contributed by atoms with Crippen molar-refractivity contribution in [3.05, 3.63) is 57.6 Å². The maximum Gasteiger partial charge on any atom is 0.273 e. The lowest BCUT2D eigenvalue weighted by atomic mass is 10.1. The number of hydrogen-bond donors (Lipinski definition) is 2. The topological polar surface area (TPSA) is 93.5 Å². The molecule has 0 aromatic heterocycles. The molecule has 7 nitrogen and oxygen atoms in total. The van der Waals surface area contributed by atoms with Gasteiger partial charge in [0.1, 0.15) is 11.8 Å². The Morgan fingerprint density at radius 3 is 2.56 bits per heavy atom. The second-order valence-electron chi connectivity index (χ2n) is 5.74. The van der Waals surface area contributed by atoms with E-state index in [4.69, 9.17) is 4.74 Å². The largest absolute Gasteiger partial charge is 0.494 e. The molecule has 132 valence electrons. The van der Waals surface area contributed by atoms with Gasteiger partial charge >= 0.3 is 0 Å². The molecule has 25 heavy (non-hydrogen) atoms. The van der Waals surface area contributed by atoms with Crippen LogP contribution in [0.15, 0.2) is 36.4 Å². The lowest BCUT2D eigenvalue weighted by Crippen LogP contribution is -2.32. The molecule has 2 rings (SSSR count). The monoisotopic (exact) mass is 343 g/mol. The molecule has 1 amide bonds. The second-order valence-corrected chi connectivity index (χ2v) is 5.74. The van der Waals surface area contributed by atoms with Crippen LogP contribution in [0.4, 0.5) is 17.1 Å². The molecular weight excluding hydrogens is 322 g/mol. The molecule has 2 aromatic carbocycles. The SMILES string of the molecule is COc1cc([N+](=O)[O-])ccc1NC(=O)[C@H](C)Nc1cccc(C)c1C. The molecule has 0 spiro atoms. The van der Waals surface area contributed by atoms with Gasteiger partial charge in [0.25, 0.3) is 5.69 Å². The number of hydrogen-bond acceptors (Lipinski definition) is 5. The highest BCUT2D eigenvalue weighted by molar-refractivity contribution is 5.97. The van der Waals surface area contributed by atoms with Gasteiger partial charge in [-0.15, -0.1) is 0 Å². The molecule has 0 bridgehead atoms. The predicted octanol–water partition coefficient (Wildman–Crippen LogP) is 3.66. The summed E-state index contributed by atoms with van der Waals surface area (Å²) in [5.41, 5.74) is 3.38. The van der Waals surface area contributed by atoms with Crippen LogP contribution in [-0.2, 0) is 4.79 Å². The van der Waals surface area contributed by atoms with E-state index >= 15 is 0 Å². The third-order valence-electron chi connectivity index (χ3n) is 4.02. The molecule has 2 aromatic rings. The Hall–Kier alpha value is -3.09. The first-order valence-electron chi connectivity index (χ1n) is 7.79. The number of nitrogens with zero attached hydrogens (tertiary/aromatic N) is 1. The van der Waals surface area contributed by atoms with Gasteiger partial charge in [0.05, 0.1) is 23.8 Å². The highest BCUT2D eigenvalue weighted by Crippen LogP contribution is 2.29. The summed E-state index contributed by atoms with van der Waals surface area (Å²) >= 11 is 0. The van der Waals surface area contributed by atoms with Gasteiger partial charge in [-0.2, -0.15) is 0 Å². The number of non-ortho nitro benzene ring substituents is 1. The Morgan fingerprint density at radius 2 is 1.92 bits per heavy atom. The van der Waals surface area contributed by atoms with Crippen LogP contribution in [0.25, 0.3) is 0 Å². The molecule has 7 heteroatoms. The summed E-state index contributed by atoms with van der Waals surface area (Å²) in [4.78, 5) is 22.7. The van der Waals surface area contributed by atoms with Crippen LogP contribution in [0.2, 0.25) is 0 Å².